The molecule has 1 atom stereocenters. The lowest BCUT2D eigenvalue weighted by atomic mass is 10.1. The second kappa shape index (κ2) is 8.17. The first-order valence-electron chi connectivity index (χ1n) is 6.41. The molecule has 0 aliphatic carbocycles. The Balaban J connectivity index is 2.36. The molecule has 0 heterocycles. The van der Waals surface area contributed by atoms with Crippen molar-refractivity contribution in [2.24, 2.45) is 11.7 Å². The lowest BCUT2D eigenvalue weighted by molar-refractivity contribution is -0.134. The van der Waals surface area contributed by atoms with Gasteiger partial charge in [0.25, 0.3) is 0 Å². The van der Waals surface area contributed by atoms with Crippen LogP contribution in [0.2, 0.25) is 0 Å². The summed E-state index contributed by atoms with van der Waals surface area (Å²) in [6.07, 6.45) is 0.771. The van der Waals surface area contributed by atoms with E-state index in [4.69, 9.17) is 10.5 Å². The summed E-state index contributed by atoms with van der Waals surface area (Å²) in [7, 11) is 1.78. The Morgan fingerprint density at radius 2 is 2.05 bits per heavy atom. The van der Waals surface area contributed by atoms with E-state index < -0.39 is 0 Å². The molecule has 1 rings (SSSR count). The van der Waals surface area contributed by atoms with E-state index in [0.29, 0.717) is 19.7 Å². The largest absolute Gasteiger partial charge is 0.492 e. The Hall–Kier alpha value is -1.07. The highest BCUT2D eigenvalue weighted by atomic mass is 79.9. The molecular weight excluding hydrogens is 308 g/mol. The van der Waals surface area contributed by atoms with Crippen LogP contribution in [0.3, 0.4) is 0 Å². The van der Waals surface area contributed by atoms with Crippen LogP contribution in [0.25, 0.3) is 0 Å². The quantitative estimate of drug-likeness (QED) is 0.835. The third-order valence-corrected chi connectivity index (χ3v) is 3.54. The number of nitrogens with zero attached hydrogens (tertiary/aromatic N) is 1. The fraction of sp³-hybridized carbons (Fsp3) is 0.500. The first kappa shape index (κ1) is 16.0. The number of hydrogen-bond donors (Lipinski definition) is 1. The summed E-state index contributed by atoms with van der Waals surface area (Å²) in [6, 6.07) is 7.62. The molecule has 0 saturated heterocycles. The highest BCUT2D eigenvalue weighted by Gasteiger charge is 2.18. The van der Waals surface area contributed by atoms with E-state index in [-0.39, 0.29) is 11.8 Å². The SMILES string of the molecule is CCC(CN)C(=O)N(C)CCOc1ccc(Br)cc1. The topological polar surface area (TPSA) is 55.6 Å². The van der Waals surface area contributed by atoms with Crippen molar-refractivity contribution in [2.45, 2.75) is 13.3 Å². The monoisotopic (exact) mass is 328 g/mol. The van der Waals surface area contributed by atoms with E-state index in [2.05, 4.69) is 15.9 Å². The minimum Gasteiger partial charge on any atom is -0.492 e. The smallest absolute Gasteiger partial charge is 0.226 e. The predicted octanol–water partition coefficient (Wildman–Crippen LogP) is 2.27. The van der Waals surface area contributed by atoms with E-state index in [9.17, 15) is 4.79 Å². The van der Waals surface area contributed by atoms with Crippen molar-refractivity contribution in [3.8, 4) is 5.75 Å². The molecule has 0 fully saturated rings. The van der Waals surface area contributed by atoms with E-state index in [1.807, 2.05) is 31.2 Å². The van der Waals surface area contributed by atoms with Crippen LogP contribution in [0.15, 0.2) is 28.7 Å². The van der Waals surface area contributed by atoms with Gasteiger partial charge in [0.1, 0.15) is 12.4 Å². The number of benzene rings is 1. The van der Waals surface area contributed by atoms with Gasteiger partial charge < -0.3 is 15.4 Å². The van der Waals surface area contributed by atoms with Gasteiger partial charge in [-0.1, -0.05) is 22.9 Å². The Labute approximate surface area is 123 Å². The number of likely N-dealkylation sites (N-methyl/N-ethyl adjacent to an activating group) is 1. The maximum atomic E-state index is 12.0. The number of ether oxygens (including phenoxy) is 1. The Kier molecular flexibility index (Phi) is 6.87. The van der Waals surface area contributed by atoms with Crippen LogP contribution in [0, 0.1) is 5.92 Å². The fourth-order valence-electron chi connectivity index (χ4n) is 1.70. The summed E-state index contributed by atoms with van der Waals surface area (Å²) in [5.74, 6) is 0.803. The lowest BCUT2D eigenvalue weighted by Crippen LogP contribution is -2.38. The zero-order valence-electron chi connectivity index (χ0n) is 11.4. The second-order valence-electron chi connectivity index (χ2n) is 4.40. The Bertz CT molecular complexity index is 391. The van der Waals surface area contributed by atoms with Gasteiger partial charge in [0.15, 0.2) is 0 Å². The average Bonchev–Trinajstić information content (AvgIpc) is 2.42. The summed E-state index contributed by atoms with van der Waals surface area (Å²) in [4.78, 5) is 13.7. The van der Waals surface area contributed by atoms with Crippen LogP contribution in [0.4, 0.5) is 0 Å². The molecule has 2 N–H and O–H groups in total. The minimum atomic E-state index is -0.0855. The van der Waals surface area contributed by atoms with Gasteiger partial charge in [-0.25, -0.2) is 0 Å². The zero-order valence-corrected chi connectivity index (χ0v) is 13.0. The summed E-state index contributed by atoms with van der Waals surface area (Å²) >= 11 is 3.37. The number of rotatable bonds is 7. The maximum Gasteiger partial charge on any atom is 0.226 e. The summed E-state index contributed by atoms with van der Waals surface area (Å²) in [5.41, 5.74) is 5.57. The molecule has 0 spiro atoms. The number of carbonyl (C=O) groups excluding carboxylic acids is 1. The summed E-state index contributed by atoms with van der Waals surface area (Å²) in [6.45, 7) is 3.41. The third-order valence-electron chi connectivity index (χ3n) is 3.01. The van der Waals surface area contributed by atoms with Crippen molar-refractivity contribution in [2.75, 3.05) is 26.7 Å². The predicted molar refractivity (Wildman–Crippen MR) is 80.1 cm³/mol. The number of halogens is 1. The van der Waals surface area contributed by atoms with Crippen LogP contribution < -0.4 is 10.5 Å². The van der Waals surface area contributed by atoms with Crippen molar-refractivity contribution in [3.63, 3.8) is 0 Å². The number of nitrogens with two attached hydrogens (primary N) is 1. The van der Waals surface area contributed by atoms with Crippen LogP contribution >= 0.6 is 15.9 Å². The summed E-state index contributed by atoms with van der Waals surface area (Å²) in [5, 5.41) is 0. The van der Waals surface area contributed by atoms with Gasteiger partial charge in [0.05, 0.1) is 12.5 Å². The van der Waals surface area contributed by atoms with E-state index in [1.54, 1.807) is 11.9 Å². The highest BCUT2D eigenvalue weighted by molar-refractivity contribution is 9.10. The maximum absolute atomic E-state index is 12.0. The molecule has 1 unspecified atom stereocenters. The van der Waals surface area contributed by atoms with Crippen LogP contribution in [-0.2, 0) is 4.79 Å². The molecule has 5 heteroatoms. The standard InChI is InChI=1S/C14H21BrN2O2/c1-3-11(10-16)14(18)17(2)8-9-19-13-6-4-12(15)5-7-13/h4-7,11H,3,8-10,16H2,1-2H3. The Morgan fingerprint density at radius 1 is 1.42 bits per heavy atom. The molecule has 1 aromatic carbocycles. The normalized spacial score (nSPS) is 12.0. The van der Waals surface area contributed by atoms with Gasteiger partial charge in [0, 0.05) is 18.1 Å². The van der Waals surface area contributed by atoms with E-state index in [0.717, 1.165) is 16.6 Å². The van der Waals surface area contributed by atoms with E-state index in [1.165, 1.54) is 0 Å². The highest BCUT2D eigenvalue weighted by Crippen LogP contribution is 2.16. The molecule has 0 aromatic heterocycles. The average molecular weight is 329 g/mol. The first-order chi connectivity index (χ1) is 9.08. The first-order valence-corrected chi connectivity index (χ1v) is 7.21. The van der Waals surface area contributed by atoms with Gasteiger partial charge in [-0.3, -0.25) is 4.79 Å². The van der Waals surface area contributed by atoms with Gasteiger partial charge in [0.2, 0.25) is 5.91 Å². The molecule has 19 heavy (non-hydrogen) atoms. The molecule has 0 bridgehead atoms. The van der Waals surface area contributed by atoms with Crippen LogP contribution in [0.5, 0.6) is 5.75 Å². The lowest BCUT2D eigenvalue weighted by Gasteiger charge is -2.22. The number of amides is 1. The van der Waals surface area contributed by atoms with Gasteiger partial charge >= 0.3 is 0 Å². The number of hydrogen-bond acceptors (Lipinski definition) is 3. The van der Waals surface area contributed by atoms with Gasteiger partial charge in [-0.2, -0.15) is 0 Å². The third kappa shape index (κ3) is 5.20. The van der Waals surface area contributed by atoms with Gasteiger partial charge in [-0.05, 0) is 30.7 Å². The Morgan fingerprint density at radius 3 is 2.58 bits per heavy atom. The molecule has 0 saturated carbocycles. The number of carbonyl (C=O) groups is 1. The van der Waals surface area contributed by atoms with E-state index >= 15 is 0 Å². The molecule has 4 nitrogen and oxygen atoms in total. The van der Waals surface area contributed by atoms with Crippen molar-refractivity contribution < 1.29 is 9.53 Å². The van der Waals surface area contributed by atoms with Crippen molar-refractivity contribution in [3.05, 3.63) is 28.7 Å². The molecule has 106 valence electrons. The molecule has 0 aliphatic rings. The second-order valence-corrected chi connectivity index (χ2v) is 5.32. The fourth-order valence-corrected chi connectivity index (χ4v) is 1.96. The molecule has 1 amide bonds. The summed E-state index contributed by atoms with van der Waals surface area (Å²) < 4.78 is 6.60. The van der Waals surface area contributed by atoms with Crippen LogP contribution in [0.1, 0.15) is 13.3 Å². The van der Waals surface area contributed by atoms with Crippen molar-refractivity contribution in [1.29, 1.82) is 0 Å². The van der Waals surface area contributed by atoms with Crippen molar-refractivity contribution in [1.82, 2.24) is 4.90 Å². The molecule has 0 aliphatic heterocycles. The minimum absolute atomic E-state index is 0.0855. The molecular formula is C14H21BrN2O2. The molecule has 0 radical (unpaired) electrons. The van der Waals surface area contributed by atoms with Gasteiger partial charge in [-0.15, -0.1) is 0 Å². The molecule has 1 aromatic rings. The van der Waals surface area contributed by atoms with Crippen LogP contribution in [-0.4, -0.2) is 37.6 Å². The van der Waals surface area contributed by atoms with Crippen molar-refractivity contribution >= 4 is 21.8 Å². The zero-order chi connectivity index (χ0) is 14.3.